The third-order valence-electron chi connectivity index (χ3n) is 5.31. The van der Waals surface area contributed by atoms with Crippen molar-refractivity contribution in [3.63, 3.8) is 0 Å². The molecule has 1 fully saturated rings. The van der Waals surface area contributed by atoms with Crippen molar-refractivity contribution in [2.24, 2.45) is 0 Å². The molecule has 1 aliphatic heterocycles. The molecule has 9 heteroatoms. The van der Waals surface area contributed by atoms with Crippen molar-refractivity contribution in [1.29, 1.82) is 0 Å². The fourth-order valence-electron chi connectivity index (χ4n) is 3.62. The number of ether oxygens (including phenoxy) is 1. The van der Waals surface area contributed by atoms with Crippen molar-refractivity contribution in [3.05, 3.63) is 104 Å². The molecular weight excluding hydrogens is 416 g/mol. The van der Waals surface area contributed by atoms with Gasteiger partial charge in [0.2, 0.25) is 0 Å². The van der Waals surface area contributed by atoms with Crippen LogP contribution in [0.4, 0.5) is 0 Å². The van der Waals surface area contributed by atoms with Crippen LogP contribution in [0.2, 0.25) is 0 Å². The van der Waals surface area contributed by atoms with Gasteiger partial charge < -0.3 is 14.9 Å². The Kier molecular flexibility index (Phi) is 5.95. The SMILES string of the molecule is O=C(c1ccccc1)c1cn([C@H]2CC(O)[C@@H](CO)O2)c(=O)n(C(=O)c2ccccc2)c1=O. The van der Waals surface area contributed by atoms with Crippen LogP contribution in [-0.2, 0) is 4.74 Å². The summed E-state index contributed by atoms with van der Waals surface area (Å²) in [5, 5.41) is 19.4. The highest BCUT2D eigenvalue weighted by molar-refractivity contribution is 6.09. The number of carbonyl (C=O) groups excluding carboxylic acids is 2. The molecule has 3 atom stereocenters. The minimum Gasteiger partial charge on any atom is -0.394 e. The smallest absolute Gasteiger partial charge is 0.340 e. The van der Waals surface area contributed by atoms with E-state index in [1.54, 1.807) is 36.4 Å². The fraction of sp³-hybridized carbons (Fsp3) is 0.217. The van der Waals surface area contributed by atoms with Gasteiger partial charge in [-0.2, -0.15) is 4.57 Å². The Balaban J connectivity index is 1.91. The summed E-state index contributed by atoms with van der Waals surface area (Å²) in [5.41, 5.74) is -2.17. The average Bonchev–Trinajstić information content (AvgIpc) is 3.20. The van der Waals surface area contributed by atoms with Gasteiger partial charge in [-0.3, -0.25) is 19.0 Å². The van der Waals surface area contributed by atoms with Crippen LogP contribution in [0.5, 0.6) is 0 Å². The van der Waals surface area contributed by atoms with Crippen LogP contribution >= 0.6 is 0 Å². The molecule has 2 N–H and O–H groups in total. The zero-order valence-electron chi connectivity index (χ0n) is 16.8. The van der Waals surface area contributed by atoms with E-state index in [1.165, 1.54) is 24.3 Å². The molecule has 164 valence electrons. The second-order valence-corrected chi connectivity index (χ2v) is 7.35. The van der Waals surface area contributed by atoms with Gasteiger partial charge in [0.25, 0.3) is 11.5 Å². The fourth-order valence-corrected chi connectivity index (χ4v) is 3.62. The minimum absolute atomic E-state index is 0.0676. The normalized spacial score (nSPS) is 20.2. The molecule has 0 saturated carbocycles. The predicted octanol–water partition coefficient (Wildman–Crippen LogP) is 0.570. The van der Waals surface area contributed by atoms with Gasteiger partial charge in [0.05, 0.1) is 12.7 Å². The van der Waals surface area contributed by atoms with Crippen LogP contribution < -0.4 is 11.2 Å². The van der Waals surface area contributed by atoms with E-state index in [2.05, 4.69) is 0 Å². The van der Waals surface area contributed by atoms with E-state index in [0.717, 1.165) is 10.8 Å². The number of aliphatic hydroxyl groups is 2. The number of hydrogen-bond donors (Lipinski definition) is 2. The number of aliphatic hydroxyl groups excluding tert-OH is 2. The molecular formula is C23H20N2O7. The van der Waals surface area contributed by atoms with Crippen molar-refractivity contribution in [1.82, 2.24) is 9.13 Å². The zero-order valence-corrected chi connectivity index (χ0v) is 16.8. The Morgan fingerprint density at radius 1 is 0.969 bits per heavy atom. The summed E-state index contributed by atoms with van der Waals surface area (Å²) in [6.45, 7) is -0.481. The first kappa shape index (κ1) is 21.6. The van der Waals surface area contributed by atoms with Crippen molar-refractivity contribution in [2.75, 3.05) is 6.61 Å². The highest BCUT2D eigenvalue weighted by Crippen LogP contribution is 2.27. The standard InChI is InChI=1S/C23H20N2O7/c26-13-18-17(27)11-19(32-18)24-12-16(20(28)14-7-3-1-4-8-14)22(30)25(23(24)31)21(29)15-9-5-2-6-10-15/h1-10,12,17-19,26-27H,11,13H2/t17?,18-,19-/m1/s1. The molecule has 1 unspecified atom stereocenters. The van der Waals surface area contributed by atoms with Gasteiger partial charge in [-0.1, -0.05) is 48.5 Å². The lowest BCUT2D eigenvalue weighted by atomic mass is 10.1. The van der Waals surface area contributed by atoms with E-state index in [9.17, 15) is 29.4 Å². The Bertz CT molecular complexity index is 1260. The summed E-state index contributed by atoms with van der Waals surface area (Å²) in [6.07, 6.45) is -2.10. The number of ketones is 1. The van der Waals surface area contributed by atoms with Gasteiger partial charge in [-0.25, -0.2) is 4.79 Å². The van der Waals surface area contributed by atoms with Crippen LogP contribution in [0.3, 0.4) is 0 Å². The maximum Gasteiger partial charge on any atom is 0.340 e. The number of carbonyl (C=O) groups is 2. The van der Waals surface area contributed by atoms with Crippen LogP contribution in [0.25, 0.3) is 0 Å². The van der Waals surface area contributed by atoms with Gasteiger partial charge in [0.1, 0.15) is 17.9 Å². The molecule has 0 spiro atoms. The summed E-state index contributed by atoms with van der Waals surface area (Å²) >= 11 is 0. The van der Waals surface area contributed by atoms with Gasteiger partial charge in [0, 0.05) is 23.7 Å². The van der Waals surface area contributed by atoms with E-state index in [-0.39, 0.29) is 17.5 Å². The maximum atomic E-state index is 13.2. The topological polar surface area (TPSA) is 128 Å². The molecule has 0 bridgehead atoms. The number of rotatable bonds is 5. The molecule has 1 aromatic heterocycles. The molecule has 9 nitrogen and oxygen atoms in total. The number of nitrogens with zero attached hydrogens (tertiary/aromatic N) is 2. The summed E-state index contributed by atoms with van der Waals surface area (Å²) in [6, 6.07) is 15.7. The molecule has 2 aromatic carbocycles. The maximum absolute atomic E-state index is 13.2. The molecule has 1 saturated heterocycles. The summed E-state index contributed by atoms with van der Waals surface area (Å²) in [7, 11) is 0. The first-order valence-corrected chi connectivity index (χ1v) is 9.94. The Hall–Kier alpha value is -3.66. The monoisotopic (exact) mass is 436 g/mol. The Morgan fingerprint density at radius 3 is 2.12 bits per heavy atom. The quantitative estimate of drug-likeness (QED) is 0.560. The van der Waals surface area contributed by atoms with E-state index in [0.29, 0.717) is 4.57 Å². The van der Waals surface area contributed by atoms with E-state index in [4.69, 9.17) is 4.74 Å². The van der Waals surface area contributed by atoms with E-state index in [1.807, 2.05) is 0 Å². The number of aromatic nitrogens is 2. The lowest BCUT2D eigenvalue weighted by molar-refractivity contribution is -0.0462. The van der Waals surface area contributed by atoms with Crippen molar-refractivity contribution >= 4 is 11.7 Å². The van der Waals surface area contributed by atoms with Crippen molar-refractivity contribution in [3.8, 4) is 0 Å². The molecule has 3 aromatic rings. The van der Waals surface area contributed by atoms with Crippen LogP contribution in [-0.4, -0.2) is 49.9 Å². The second kappa shape index (κ2) is 8.83. The lowest BCUT2D eigenvalue weighted by Crippen LogP contribution is -2.47. The van der Waals surface area contributed by atoms with Crippen molar-refractivity contribution < 1.29 is 24.5 Å². The summed E-state index contributed by atoms with van der Waals surface area (Å²) < 4.78 is 6.87. The lowest BCUT2D eigenvalue weighted by Gasteiger charge is -2.17. The van der Waals surface area contributed by atoms with Gasteiger partial charge in [-0.05, 0) is 12.1 Å². The summed E-state index contributed by atoms with van der Waals surface area (Å²) in [4.78, 5) is 52.5. The zero-order chi connectivity index (χ0) is 22.8. The van der Waals surface area contributed by atoms with Gasteiger partial charge in [0.15, 0.2) is 5.78 Å². The van der Waals surface area contributed by atoms with Crippen molar-refractivity contribution in [2.45, 2.75) is 24.9 Å². The average molecular weight is 436 g/mol. The Morgan fingerprint density at radius 2 is 1.56 bits per heavy atom. The van der Waals surface area contributed by atoms with Gasteiger partial charge in [-0.15, -0.1) is 0 Å². The largest absolute Gasteiger partial charge is 0.394 e. The molecule has 2 heterocycles. The second-order valence-electron chi connectivity index (χ2n) is 7.35. The van der Waals surface area contributed by atoms with Crippen LogP contribution in [0.15, 0.2) is 76.4 Å². The van der Waals surface area contributed by atoms with Crippen LogP contribution in [0.1, 0.15) is 38.9 Å². The van der Waals surface area contributed by atoms with E-state index >= 15 is 0 Å². The first-order valence-electron chi connectivity index (χ1n) is 9.94. The third-order valence-corrected chi connectivity index (χ3v) is 5.31. The molecule has 4 rings (SSSR count). The molecule has 32 heavy (non-hydrogen) atoms. The number of hydrogen-bond acceptors (Lipinski definition) is 7. The highest BCUT2D eigenvalue weighted by Gasteiger charge is 2.36. The Labute approximate surface area is 181 Å². The predicted molar refractivity (Wildman–Crippen MR) is 113 cm³/mol. The molecule has 0 aliphatic carbocycles. The first-order chi connectivity index (χ1) is 15.4. The van der Waals surface area contributed by atoms with E-state index < -0.39 is 53.5 Å². The molecule has 1 aliphatic rings. The summed E-state index contributed by atoms with van der Waals surface area (Å²) in [5.74, 6) is -1.56. The van der Waals surface area contributed by atoms with Gasteiger partial charge >= 0.3 is 5.69 Å². The minimum atomic E-state index is -1.08. The number of benzene rings is 2. The molecule has 0 radical (unpaired) electrons. The van der Waals surface area contributed by atoms with Crippen LogP contribution in [0, 0.1) is 0 Å². The molecule has 0 amide bonds. The highest BCUT2D eigenvalue weighted by atomic mass is 16.5. The third kappa shape index (κ3) is 3.84.